The van der Waals surface area contributed by atoms with E-state index in [0.717, 1.165) is 6.07 Å². The first-order valence-corrected chi connectivity index (χ1v) is 6.55. The lowest BCUT2D eigenvalue weighted by molar-refractivity contribution is 0.623. The Morgan fingerprint density at radius 3 is 1.64 bits per heavy atom. The van der Waals surface area contributed by atoms with Gasteiger partial charge in [-0.15, -0.1) is 0 Å². The fourth-order valence-electron chi connectivity index (χ4n) is 1.46. The Hall–Kier alpha value is -3.19. The molecule has 0 fully saturated rings. The zero-order chi connectivity index (χ0) is 16.5. The van der Waals surface area contributed by atoms with Gasteiger partial charge in [-0.1, -0.05) is 12.1 Å². The molecule has 6 heteroatoms. The van der Waals surface area contributed by atoms with Crippen LogP contribution in [0.4, 0.5) is 4.39 Å². The highest BCUT2D eigenvalue weighted by Crippen LogP contribution is 2.18. The SMILES string of the molecule is N#Cc1cccc(Br)c1C#N.N#Cc1cccc(F)c1C#N. The Kier molecular flexibility index (Phi) is 6.27. The van der Waals surface area contributed by atoms with Crippen molar-refractivity contribution in [2.45, 2.75) is 0 Å². The van der Waals surface area contributed by atoms with Crippen molar-refractivity contribution in [1.82, 2.24) is 0 Å². The molecule has 0 atom stereocenters. The molecule has 0 unspecified atom stereocenters. The van der Waals surface area contributed by atoms with Crippen molar-refractivity contribution < 1.29 is 4.39 Å². The zero-order valence-corrected chi connectivity index (χ0v) is 12.6. The summed E-state index contributed by atoms with van der Waals surface area (Å²) >= 11 is 3.17. The zero-order valence-electron chi connectivity index (χ0n) is 11.0. The number of hydrogen-bond acceptors (Lipinski definition) is 4. The lowest BCUT2D eigenvalue weighted by atomic mass is 10.1. The van der Waals surface area contributed by atoms with E-state index in [1.165, 1.54) is 12.1 Å². The minimum Gasteiger partial charge on any atom is -0.205 e. The van der Waals surface area contributed by atoms with Gasteiger partial charge in [0.25, 0.3) is 0 Å². The predicted molar refractivity (Wildman–Crippen MR) is 79.4 cm³/mol. The minimum atomic E-state index is -0.647. The molecule has 0 amide bonds. The third-order valence-corrected chi connectivity index (χ3v) is 3.15. The molecule has 104 valence electrons. The first-order valence-electron chi connectivity index (χ1n) is 5.76. The Morgan fingerprint density at radius 1 is 0.727 bits per heavy atom. The maximum absolute atomic E-state index is 12.7. The molecule has 22 heavy (non-hydrogen) atoms. The summed E-state index contributed by atoms with van der Waals surface area (Å²) in [5.41, 5.74) is 0.694. The highest BCUT2D eigenvalue weighted by atomic mass is 79.9. The maximum Gasteiger partial charge on any atom is 0.142 e. The molecular formula is C16H6BrFN4. The van der Waals surface area contributed by atoms with Crippen LogP contribution in [0.3, 0.4) is 0 Å². The van der Waals surface area contributed by atoms with Crippen LogP contribution in [0.2, 0.25) is 0 Å². The van der Waals surface area contributed by atoms with Crippen molar-refractivity contribution in [3.05, 3.63) is 68.9 Å². The minimum absolute atomic E-state index is 0.0764. The molecule has 2 aromatic carbocycles. The van der Waals surface area contributed by atoms with Gasteiger partial charge < -0.3 is 0 Å². The van der Waals surface area contributed by atoms with E-state index in [1.54, 1.807) is 30.3 Å². The maximum atomic E-state index is 12.7. The number of nitriles is 4. The molecule has 0 heterocycles. The number of hydrogen-bond donors (Lipinski definition) is 0. The van der Waals surface area contributed by atoms with Crippen molar-refractivity contribution in [3.63, 3.8) is 0 Å². The van der Waals surface area contributed by atoms with E-state index in [0.29, 0.717) is 15.6 Å². The number of benzene rings is 2. The molecule has 0 radical (unpaired) electrons. The summed E-state index contributed by atoms with van der Waals surface area (Å²) in [6.45, 7) is 0. The van der Waals surface area contributed by atoms with Gasteiger partial charge in [-0.05, 0) is 40.2 Å². The van der Waals surface area contributed by atoms with Gasteiger partial charge in [0.15, 0.2) is 0 Å². The molecule has 0 saturated carbocycles. The Bertz CT molecular complexity index is 790. The lowest BCUT2D eigenvalue weighted by Crippen LogP contribution is -1.87. The van der Waals surface area contributed by atoms with E-state index in [9.17, 15) is 4.39 Å². The van der Waals surface area contributed by atoms with Crippen molar-refractivity contribution in [2.24, 2.45) is 0 Å². The third-order valence-electron chi connectivity index (χ3n) is 2.49. The van der Waals surface area contributed by atoms with E-state index < -0.39 is 5.82 Å². The van der Waals surface area contributed by atoms with Crippen LogP contribution in [0.25, 0.3) is 0 Å². The van der Waals surface area contributed by atoms with Crippen LogP contribution in [0.5, 0.6) is 0 Å². The standard InChI is InChI=1S/C8H3BrN2.C8H3FN2/c2*9-8-3-1-2-6(4-10)7(8)5-11/h2*1-3H. The molecule has 0 N–H and O–H groups in total. The molecule has 0 aromatic heterocycles. The van der Waals surface area contributed by atoms with Crippen molar-refractivity contribution in [1.29, 1.82) is 21.0 Å². The summed E-state index contributed by atoms with van der Waals surface area (Å²) in [6, 6.07) is 16.3. The van der Waals surface area contributed by atoms with E-state index >= 15 is 0 Å². The van der Waals surface area contributed by atoms with Gasteiger partial charge in [-0.2, -0.15) is 21.0 Å². The van der Waals surface area contributed by atoms with Crippen LogP contribution >= 0.6 is 15.9 Å². The summed E-state index contributed by atoms with van der Waals surface area (Å²) in [4.78, 5) is 0. The first kappa shape index (κ1) is 16.9. The van der Waals surface area contributed by atoms with Crippen LogP contribution in [-0.2, 0) is 0 Å². The van der Waals surface area contributed by atoms with E-state index in [4.69, 9.17) is 21.0 Å². The second-order valence-electron chi connectivity index (χ2n) is 3.77. The molecule has 0 spiro atoms. The van der Waals surface area contributed by atoms with Crippen LogP contribution < -0.4 is 0 Å². The van der Waals surface area contributed by atoms with Gasteiger partial charge in [0, 0.05) is 4.47 Å². The Labute approximate surface area is 135 Å². The molecule has 2 aromatic rings. The van der Waals surface area contributed by atoms with Gasteiger partial charge >= 0.3 is 0 Å². The van der Waals surface area contributed by atoms with Gasteiger partial charge in [0.05, 0.1) is 16.7 Å². The van der Waals surface area contributed by atoms with Gasteiger partial charge in [0.2, 0.25) is 0 Å². The summed E-state index contributed by atoms with van der Waals surface area (Å²) in [5.74, 6) is -0.647. The largest absolute Gasteiger partial charge is 0.205 e. The molecular weight excluding hydrogens is 347 g/mol. The highest BCUT2D eigenvalue weighted by Gasteiger charge is 2.05. The van der Waals surface area contributed by atoms with Crippen LogP contribution in [0.15, 0.2) is 40.9 Å². The third kappa shape index (κ3) is 3.90. The van der Waals surface area contributed by atoms with Crippen molar-refractivity contribution in [3.8, 4) is 24.3 Å². The smallest absolute Gasteiger partial charge is 0.142 e. The molecule has 0 saturated heterocycles. The normalized spacial score (nSPS) is 8.27. The molecule has 0 aliphatic carbocycles. The quantitative estimate of drug-likeness (QED) is 0.720. The molecule has 0 bridgehead atoms. The topological polar surface area (TPSA) is 95.2 Å². The number of rotatable bonds is 0. The van der Waals surface area contributed by atoms with Gasteiger partial charge in [-0.25, -0.2) is 4.39 Å². The number of nitrogens with zero attached hydrogens (tertiary/aromatic N) is 4. The lowest BCUT2D eigenvalue weighted by Gasteiger charge is -1.94. The van der Waals surface area contributed by atoms with E-state index in [1.807, 2.05) is 12.1 Å². The molecule has 0 aliphatic rings. The van der Waals surface area contributed by atoms with Crippen molar-refractivity contribution in [2.75, 3.05) is 0 Å². The van der Waals surface area contributed by atoms with E-state index in [2.05, 4.69) is 15.9 Å². The summed E-state index contributed by atoms with van der Waals surface area (Å²) in [6.07, 6.45) is 0. The van der Waals surface area contributed by atoms with Crippen LogP contribution in [0, 0.1) is 51.1 Å². The Morgan fingerprint density at radius 2 is 1.23 bits per heavy atom. The van der Waals surface area contributed by atoms with E-state index in [-0.39, 0.29) is 11.1 Å². The van der Waals surface area contributed by atoms with Crippen molar-refractivity contribution >= 4 is 15.9 Å². The second kappa shape index (κ2) is 8.18. The molecule has 2 rings (SSSR count). The van der Waals surface area contributed by atoms with Gasteiger partial charge in [-0.3, -0.25) is 0 Å². The average molecular weight is 353 g/mol. The van der Waals surface area contributed by atoms with Gasteiger partial charge in [0.1, 0.15) is 35.7 Å². The predicted octanol–water partition coefficient (Wildman–Crippen LogP) is 3.76. The highest BCUT2D eigenvalue weighted by molar-refractivity contribution is 9.10. The Balaban J connectivity index is 0.000000220. The fourth-order valence-corrected chi connectivity index (χ4v) is 1.92. The molecule has 4 nitrogen and oxygen atoms in total. The summed E-state index contributed by atoms with van der Waals surface area (Å²) in [5, 5.41) is 33.9. The first-order chi connectivity index (χ1) is 10.6. The molecule has 0 aliphatic heterocycles. The van der Waals surface area contributed by atoms with Crippen LogP contribution in [-0.4, -0.2) is 0 Å². The summed E-state index contributed by atoms with van der Waals surface area (Å²) in [7, 11) is 0. The van der Waals surface area contributed by atoms with Crippen LogP contribution in [0.1, 0.15) is 22.3 Å². The fraction of sp³-hybridized carbons (Fsp3) is 0. The monoisotopic (exact) mass is 352 g/mol. The summed E-state index contributed by atoms with van der Waals surface area (Å²) < 4.78 is 13.3. The average Bonchev–Trinajstić information content (AvgIpc) is 2.54. The second-order valence-corrected chi connectivity index (χ2v) is 4.63. The number of halogens is 2.